The molecule has 1 aliphatic rings. The van der Waals surface area contributed by atoms with E-state index in [4.69, 9.17) is 16.0 Å². The quantitative estimate of drug-likeness (QED) is 0.449. The zero-order valence-electron chi connectivity index (χ0n) is 18.0. The van der Waals surface area contributed by atoms with Gasteiger partial charge < -0.3 is 14.3 Å². The van der Waals surface area contributed by atoms with E-state index in [-0.39, 0.29) is 18.4 Å². The molecule has 6 nitrogen and oxygen atoms in total. The van der Waals surface area contributed by atoms with E-state index in [2.05, 4.69) is 5.32 Å². The van der Waals surface area contributed by atoms with Crippen LogP contribution in [0.3, 0.4) is 0 Å². The number of carbonyl (C=O) groups is 2. The van der Waals surface area contributed by atoms with Gasteiger partial charge in [-0.25, -0.2) is 0 Å². The SMILES string of the molecule is C[C@@]1(C(=O)NCc2ccccc2)Cn2c(ccc2-c2ccco2)C(=O)N1c1ccc(Cl)cc1. The summed E-state index contributed by atoms with van der Waals surface area (Å²) in [5, 5.41) is 3.58. The first-order valence-corrected chi connectivity index (χ1v) is 11.0. The molecule has 7 heteroatoms. The van der Waals surface area contributed by atoms with Crippen LogP contribution in [0.5, 0.6) is 0 Å². The standard InChI is InChI=1S/C26H22ClN3O3/c1-26(25(32)28-16-18-6-3-2-4-7-18)17-29-21(23-8-5-15-33-23)13-14-22(29)24(31)30(26)20-11-9-19(27)10-12-20/h2-15H,16-17H2,1H3,(H,28,32)/t26-/m0/s1. The summed E-state index contributed by atoms with van der Waals surface area (Å²) in [5.41, 5.74) is 1.64. The molecule has 0 aliphatic carbocycles. The Morgan fingerprint density at radius 1 is 1.00 bits per heavy atom. The third-order valence-electron chi connectivity index (χ3n) is 6.01. The maximum Gasteiger partial charge on any atom is 0.275 e. The molecule has 2 aromatic carbocycles. The summed E-state index contributed by atoms with van der Waals surface area (Å²) in [6.07, 6.45) is 1.59. The second-order valence-electron chi connectivity index (χ2n) is 8.23. The van der Waals surface area contributed by atoms with Gasteiger partial charge in [0.25, 0.3) is 5.91 Å². The highest BCUT2D eigenvalue weighted by Gasteiger charge is 2.48. The van der Waals surface area contributed by atoms with Crippen molar-refractivity contribution in [2.75, 3.05) is 4.90 Å². The summed E-state index contributed by atoms with van der Waals surface area (Å²) in [4.78, 5) is 29.0. The number of anilines is 1. The molecule has 2 aromatic heterocycles. The molecular weight excluding hydrogens is 438 g/mol. The molecule has 166 valence electrons. The minimum Gasteiger partial charge on any atom is -0.463 e. The summed E-state index contributed by atoms with van der Waals surface area (Å²) >= 11 is 6.08. The molecule has 4 aromatic rings. The van der Waals surface area contributed by atoms with Gasteiger partial charge in [-0.05, 0) is 61.0 Å². The Balaban J connectivity index is 1.56. The van der Waals surface area contributed by atoms with Crippen LogP contribution in [0.2, 0.25) is 5.02 Å². The second kappa shape index (κ2) is 8.30. The molecule has 1 atom stereocenters. The molecule has 0 unspecified atom stereocenters. The Morgan fingerprint density at radius 3 is 2.42 bits per heavy atom. The molecule has 0 radical (unpaired) electrons. The highest BCUT2D eigenvalue weighted by molar-refractivity contribution is 6.30. The van der Waals surface area contributed by atoms with Gasteiger partial charge in [-0.2, -0.15) is 0 Å². The minimum atomic E-state index is -1.19. The van der Waals surface area contributed by atoms with Crippen LogP contribution in [-0.2, 0) is 17.9 Å². The summed E-state index contributed by atoms with van der Waals surface area (Å²) < 4.78 is 7.43. The van der Waals surface area contributed by atoms with Gasteiger partial charge in [0.05, 0.1) is 18.5 Å². The molecule has 0 saturated heterocycles. The Hall–Kier alpha value is -3.77. The Bertz CT molecular complexity index is 1300. The van der Waals surface area contributed by atoms with Gasteiger partial charge >= 0.3 is 0 Å². The molecule has 0 bridgehead atoms. The average molecular weight is 460 g/mol. The van der Waals surface area contributed by atoms with Crippen molar-refractivity contribution in [2.45, 2.75) is 25.6 Å². The Labute approximate surface area is 196 Å². The van der Waals surface area contributed by atoms with Crippen LogP contribution in [0, 0.1) is 0 Å². The maximum absolute atomic E-state index is 13.7. The zero-order valence-corrected chi connectivity index (χ0v) is 18.8. The van der Waals surface area contributed by atoms with Crippen LogP contribution < -0.4 is 10.2 Å². The number of furan rings is 1. The first-order chi connectivity index (χ1) is 16.0. The molecule has 1 N–H and O–H groups in total. The van der Waals surface area contributed by atoms with Gasteiger partial charge in [-0.15, -0.1) is 0 Å². The van der Waals surface area contributed by atoms with E-state index >= 15 is 0 Å². The largest absolute Gasteiger partial charge is 0.463 e. The molecule has 1 aliphatic heterocycles. The van der Waals surface area contributed by atoms with Gasteiger partial charge in [0.2, 0.25) is 5.91 Å². The third-order valence-corrected chi connectivity index (χ3v) is 6.26. The number of benzene rings is 2. The van der Waals surface area contributed by atoms with E-state index in [0.29, 0.717) is 28.7 Å². The van der Waals surface area contributed by atoms with Crippen LogP contribution in [0.4, 0.5) is 5.69 Å². The lowest BCUT2D eigenvalue weighted by molar-refractivity contribution is -0.126. The molecule has 5 rings (SSSR count). The highest BCUT2D eigenvalue weighted by Crippen LogP contribution is 2.36. The molecule has 2 amide bonds. The van der Waals surface area contributed by atoms with Gasteiger partial charge in [-0.3, -0.25) is 14.5 Å². The molecular formula is C26H22ClN3O3. The van der Waals surface area contributed by atoms with Crippen molar-refractivity contribution < 1.29 is 14.0 Å². The summed E-state index contributed by atoms with van der Waals surface area (Å²) in [7, 11) is 0. The molecule has 0 saturated carbocycles. The van der Waals surface area contributed by atoms with E-state index in [9.17, 15) is 9.59 Å². The van der Waals surface area contributed by atoms with Crippen molar-refractivity contribution in [3.63, 3.8) is 0 Å². The van der Waals surface area contributed by atoms with Crippen LogP contribution in [0.15, 0.2) is 89.5 Å². The number of rotatable bonds is 5. The van der Waals surface area contributed by atoms with Crippen molar-refractivity contribution in [2.24, 2.45) is 0 Å². The predicted molar refractivity (Wildman–Crippen MR) is 127 cm³/mol. The number of amides is 2. The van der Waals surface area contributed by atoms with Crippen molar-refractivity contribution in [1.82, 2.24) is 9.88 Å². The van der Waals surface area contributed by atoms with Gasteiger partial charge in [-0.1, -0.05) is 41.9 Å². The normalized spacial score (nSPS) is 17.6. The number of hydrogen-bond donors (Lipinski definition) is 1. The van der Waals surface area contributed by atoms with Gasteiger partial charge in [0, 0.05) is 17.3 Å². The first kappa shape index (κ1) is 21.1. The number of nitrogens with one attached hydrogen (secondary N) is 1. The van der Waals surface area contributed by atoms with E-state index in [1.54, 1.807) is 54.5 Å². The number of hydrogen-bond acceptors (Lipinski definition) is 3. The maximum atomic E-state index is 13.7. The summed E-state index contributed by atoms with van der Waals surface area (Å²) in [5.74, 6) is 0.124. The number of fused-ring (bicyclic) bond motifs is 1. The second-order valence-corrected chi connectivity index (χ2v) is 8.66. The lowest BCUT2D eigenvalue weighted by Gasteiger charge is -2.44. The van der Waals surface area contributed by atoms with Crippen molar-refractivity contribution in [1.29, 1.82) is 0 Å². The van der Waals surface area contributed by atoms with Crippen LogP contribution in [-0.4, -0.2) is 21.9 Å². The molecule has 3 heterocycles. The number of carbonyl (C=O) groups excluding carboxylic acids is 2. The van der Waals surface area contributed by atoms with Crippen LogP contribution in [0.1, 0.15) is 23.0 Å². The fourth-order valence-electron chi connectivity index (χ4n) is 4.32. The topological polar surface area (TPSA) is 67.5 Å². The fourth-order valence-corrected chi connectivity index (χ4v) is 4.44. The summed E-state index contributed by atoms with van der Waals surface area (Å²) in [6.45, 7) is 2.41. The number of nitrogens with zero attached hydrogens (tertiary/aromatic N) is 2. The predicted octanol–water partition coefficient (Wildman–Crippen LogP) is 5.14. The van der Waals surface area contributed by atoms with Gasteiger partial charge in [0.1, 0.15) is 17.0 Å². The Kier molecular flexibility index (Phi) is 5.30. The molecule has 0 fully saturated rings. The lowest BCUT2D eigenvalue weighted by Crippen LogP contribution is -2.64. The lowest BCUT2D eigenvalue weighted by atomic mass is 9.93. The third kappa shape index (κ3) is 3.72. The van der Waals surface area contributed by atoms with Crippen LogP contribution in [0.25, 0.3) is 11.5 Å². The molecule has 33 heavy (non-hydrogen) atoms. The monoisotopic (exact) mass is 459 g/mol. The fraction of sp³-hybridized carbons (Fsp3) is 0.154. The van der Waals surface area contributed by atoms with E-state index in [0.717, 1.165) is 11.3 Å². The van der Waals surface area contributed by atoms with Crippen LogP contribution >= 0.6 is 11.6 Å². The number of halogens is 1. The highest BCUT2D eigenvalue weighted by atomic mass is 35.5. The Morgan fingerprint density at radius 2 is 1.73 bits per heavy atom. The van der Waals surface area contributed by atoms with E-state index in [1.165, 1.54) is 0 Å². The smallest absolute Gasteiger partial charge is 0.275 e. The molecule has 0 spiro atoms. The minimum absolute atomic E-state index is 0.251. The average Bonchev–Trinajstić information content (AvgIpc) is 3.49. The zero-order chi connectivity index (χ0) is 23.0. The summed E-state index contributed by atoms with van der Waals surface area (Å²) in [6, 6.07) is 23.9. The van der Waals surface area contributed by atoms with E-state index < -0.39 is 5.54 Å². The van der Waals surface area contributed by atoms with Crippen molar-refractivity contribution >= 4 is 29.1 Å². The number of aromatic nitrogens is 1. The van der Waals surface area contributed by atoms with Crippen molar-refractivity contribution in [3.05, 3.63) is 101 Å². The first-order valence-electron chi connectivity index (χ1n) is 10.6. The van der Waals surface area contributed by atoms with Crippen molar-refractivity contribution in [3.8, 4) is 11.5 Å². The van der Waals surface area contributed by atoms with E-state index in [1.807, 2.05) is 47.0 Å². The van der Waals surface area contributed by atoms with Gasteiger partial charge in [0.15, 0.2) is 0 Å².